The van der Waals surface area contributed by atoms with E-state index >= 15 is 0 Å². The van der Waals surface area contributed by atoms with Crippen LogP contribution in [0.15, 0.2) is 35.1 Å². The molecule has 3 rings (SSSR count). The quantitative estimate of drug-likeness (QED) is 0.601. The minimum Gasteiger partial charge on any atom is -0.493 e. The molecule has 0 saturated carbocycles. The average molecular weight is 448 g/mol. The van der Waals surface area contributed by atoms with Crippen molar-refractivity contribution in [1.82, 2.24) is 19.6 Å². The SMILES string of the molecule is COc1ccc(Cn2nc(C)c(NC(=O)Cn3cc(Br)cn3)c2C)cc1OC. The molecule has 28 heavy (non-hydrogen) atoms. The summed E-state index contributed by atoms with van der Waals surface area (Å²) in [5.41, 5.74) is 3.37. The number of amides is 1. The summed E-state index contributed by atoms with van der Waals surface area (Å²) in [5, 5.41) is 11.6. The van der Waals surface area contributed by atoms with E-state index in [1.54, 1.807) is 31.3 Å². The number of ether oxygens (including phenoxy) is 2. The van der Waals surface area contributed by atoms with Crippen LogP contribution in [0.1, 0.15) is 17.0 Å². The summed E-state index contributed by atoms with van der Waals surface area (Å²) in [7, 11) is 3.21. The highest BCUT2D eigenvalue weighted by atomic mass is 79.9. The molecule has 9 heteroatoms. The smallest absolute Gasteiger partial charge is 0.246 e. The van der Waals surface area contributed by atoms with E-state index in [2.05, 4.69) is 31.4 Å². The number of hydrogen-bond donors (Lipinski definition) is 1. The number of benzene rings is 1. The van der Waals surface area contributed by atoms with E-state index < -0.39 is 0 Å². The van der Waals surface area contributed by atoms with Crippen molar-refractivity contribution in [2.45, 2.75) is 26.9 Å². The van der Waals surface area contributed by atoms with Crippen LogP contribution in [0.25, 0.3) is 0 Å². The molecule has 2 heterocycles. The monoisotopic (exact) mass is 447 g/mol. The standard InChI is InChI=1S/C19H22BrN5O3/c1-12-19(22-18(26)11-24-10-15(20)8-21-24)13(2)25(23-12)9-14-5-6-16(27-3)17(7-14)28-4/h5-8,10H,9,11H2,1-4H3,(H,22,26). The number of aromatic nitrogens is 4. The molecule has 0 fully saturated rings. The van der Waals surface area contributed by atoms with Crippen LogP contribution >= 0.6 is 15.9 Å². The number of halogens is 1. The maximum Gasteiger partial charge on any atom is 0.246 e. The van der Waals surface area contributed by atoms with Crippen LogP contribution < -0.4 is 14.8 Å². The van der Waals surface area contributed by atoms with Gasteiger partial charge in [0.25, 0.3) is 0 Å². The zero-order valence-corrected chi connectivity index (χ0v) is 17.8. The van der Waals surface area contributed by atoms with Crippen molar-refractivity contribution in [3.63, 3.8) is 0 Å². The first-order valence-electron chi connectivity index (χ1n) is 8.64. The Morgan fingerprint density at radius 1 is 1.21 bits per heavy atom. The van der Waals surface area contributed by atoms with Crippen LogP contribution in [0.4, 0.5) is 5.69 Å². The lowest BCUT2D eigenvalue weighted by atomic mass is 10.2. The molecular formula is C19H22BrN5O3. The van der Waals surface area contributed by atoms with Crippen LogP contribution in [-0.4, -0.2) is 39.7 Å². The summed E-state index contributed by atoms with van der Waals surface area (Å²) in [6.45, 7) is 4.49. The molecule has 0 saturated heterocycles. The topological polar surface area (TPSA) is 83.2 Å². The van der Waals surface area contributed by atoms with Gasteiger partial charge in [-0.25, -0.2) is 0 Å². The largest absolute Gasteiger partial charge is 0.493 e. The second-order valence-corrected chi connectivity index (χ2v) is 7.21. The molecule has 3 aromatic rings. The van der Waals surface area contributed by atoms with E-state index in [1.807, 2.05) is 36.7 Å². The number of carbonyl (C=O) groups is 1. The first-order valence-corrected chi connectivity index (χ1v) is 9.43. The minimum atomic E-state index is -0.160. The number of carbonyl (C=O) groups excluding carboxylic acids is 1. The number of hydrogen-bond acceptors (Lipinski definition) is 5. The van der Waals surface area contributed by atoms with Gasteiger partial charge < -0.3 is 14.8 Å². The van der Waals surface area contributed by atoms with E-state index in [1.165, 1.54) is 0 Å². The van der Waals surface area contributed by atoms with E-state index in [9.17, 15) is 4.79 Å². The molecule has 148 valence electrons. The van der Waals surface area contributed by atoms with Gasteiger partial charge in [-0.2, -0.15) is 10.2 Å². The zero-order chi connectivity index (χ0) is 20.3. The van der Waals surface area contributed by atoms with Gasteiger partial charge in [-0.15, -0.1) is 0 Å². The fourth-order valence-corrected chi connectivity index (χ4v) is 3.26. The Labute approximate surface area is 171 Å². The lowest BCUT2D eigenvalue weighted by molar-refractivity contribution is -0.116. The normalized spacial score (nSPS) is 10.8. The van der Waals surface area contributed by atoms with Crippen LogP contribution in [-0.2, 0) is 17.9 Å². The average Bonchev–Trinajstić information content (AvgIpc) is 3.19. The Bertz CT molecular complexity index is 996. The van der Waals surface area contributed by atoms with Gasteiger partial charge in [0, 0.05) is 6.20 Å². The third-order valence-corrected chi connectivity index (χ3v) is 4.74. The van der Waals surface area contributed by atoms with Crippen LogP contribution in [0.5, 0.6) is 11.5 Å². The molecule has 0 bridgehead atoms. The summed E-state index contributed by atoms with van der Waals surface area (Å²) in [6, 6.07) is 5.75. The second-order valence-electron chi connectivity index (χ2n) is 6.30. The first-order chi connectivity index (χ1) is 13.4. The summed E-state index contributed by atoms with van der Waals surface area (Å²) < 4.78 is 14.9. The van der Waals surface area contributed by atoms with E-state index in [0.717, 1.165) is 27.1 Å². The zero-order valence-electron chi connectivity index (χ0n) is 16.2. The van der Waals surface area contributed by atoms with Gasteiger partial charge in [-0.3, -0.25) is 14.2 Å². The molecule has 2 aromatic heterocycles. The van der Waals surface area contributed by atoms with E-state index in [0.29, 0.717) is 18.0 Å². The van der Waals surface area contributed by atoms with Crippen molar-refractivity contribution in [3.05, 3.63) is 52.0 Å². The summed E-state index contributed by atoms with van der Waals surface area (Å²) in [6.07, 6.45) is 3.39. The van der Waals surface area contributed by atoms with Crippen LogP contribution in [0.3, 0.4) is 0 Å². The molecule has 1 aromatic carbocycles. The molecular weight excluding hydrogens is 426 g/mol. The molecule has 0 spiro atoms. The van der Waals surface area contributed by atoms with Gasteiger partial charge in [-0.1, -0.05) is 6.07 Å². The highest BCUT2D eigenvalue weighted by Gasteiger charge is 2.15. The molecule has 0 aliphatic carbocycles. The molecule has 8 nitrogen and oxygen atoms in total. The summed E-state index contributed by atoms with van der Waals surface area (Å²) >= 11 is 3.32. The van der Waals surface area contributed by atoms with Crippen molar-refractivity contribution in [1.29, 1.82) is 0 Å². The van der Waals surface area contributed by atoms with Gasteiger partial charge in [0.15, 0.2) is 11.5 Å². The minimum absolute atomic E-state index is 0.130. The van der Waals surface area contributed by atoms with Crippen LogP contribution in [0, 0.1) is 13.8 Å². The number of rotatable bonds is 7. The van der Waals surface area contributed by atoms with Crippen LogP contribution in [0.2, 0.25) is 0 Å². The number of anilines is 1. The maximum absolute atomic E-state index is 12.4. The third kappa shape index (κ3) is 4.36. The lowest BCUT2D eigenvalue weighted by Crippen LogP contribution is -2.19. The molecule has 0 aliphatic rings. The van der Waals surface area contributed by atoms with Gasteiger partial charge in [-0.05, 0) is 47.5 Å². The maximum atomic E-state index is 12.4. The molecule has 0 radical (unpaired) electrons. The van der Waals surface area contributed by atoms with Gasteiger partial charge >= 0.3 is 0 Å². The highest BCUT2D eigenvalue weighted by molar-refractivity contribution is 9.10. The van der Waals surface area contributed by atoms with Gasteiger partial charge in [0.05, 0.1) is 48.5 Å². The van der Waals surface area contributed by atoms with Crippen molar-refractivity contribution >= 4 is 27.5 Å². The Kier molecular flexibility index (Phi) is 6.03. The Balaban J connectivity index is 1.75. The van der Waals surface area contributed by atoms with E-state index in [-0.39, 0.29) is 12.5 Å². The number of nitrogens with zero attached hydrogens (tertiary/aromatic N) is 4. The molecule has 0 aliphatic heterocycles. The molecule has 1 amide bonds. The molecule has 1 N–H and O–H groups in total. The predicted octanol–water partition coefficient (Wildman–Crippen LogP) is 3.16. The Hall–Kier alpha value is -2.81. The third-order valence-electron chi connectivity index (χ3n) is 4.33. The van der Waals surface area contributed by atoms with Crippen molar-refractivity contribution in [3.8, 4) is 11.5 Å². The van der Waals surface area contributed by atoms with Gasteiger partial charge in [0.1, 0.15) is 6.54 Å². The fraction of sp³-hybridized carbons (Fsp3) is 0.316. The summed E-state index contributed by atoms with van der Waals surface area (Å²) in [4.78, 5) is 12.4. The molecule has 0 atom stereocenters. The van der Waals surface area contributed by atoms with E-state index in [4.69, 9.17) is 9.47 Å². The number of aryl methyl sites for hydroxylation is 1. The molecule has 0 unspecified atom stereocenters. The first kappa shape index (κ1) is 19.9. The number of nitrogens with one attached hydrogen (secondary N) is 1. The van der Waals surface area contributed by atoms with Gasteiger partial charge in [0.2, 0.25) is 5.91 Å². The number of methoxy groups -OCH3 is 2. The second kappa shape index (κ2) is 8.47. The fourth-order valence-electron chi connectivity index (χ4n) is 2.93. The lowest BCUT2D eigenvalue weighted by Gasteiger charge is -2.11. The van der Waals surface area contributed by atoms with Crippen molar-refractivity contribution in [2.75, 3.05) is 19.5 Å². The summed E-state index contributed by atoms with van der Waals surface area (Å²) in [5.74, 6) is 1.19. The van der Waals surface area contributed by atoms with Crippen molar-refractivity contribution in [2.24, 2.45) is 0 Å². The Morgan fingerprint density at radius 3 is 2.61 bits per heavy atom. The predicted molar refractivity (Wildman–Crippen MR) is 109 cm³/mol. The van der Waals surface area contributed by atoms with Crippen molar-refractivity contribution < 1.29 is 14.3 Å². The Morgan fingerprint density at radius 2 is 1.96 bits per heavy atom. The highest BCUT2D eigenvalue weighted by Crippen LogP contribution is 2.28.